The lowest BCUT2D eigenvalue weighted by Gasteiger charge is -2.18. The van der Waals surface area contributed by atoms with Crippen LogP contribution in [0.4, 0.5) is 0 Å². The molecule has 0 heterocycles. The second kappa shape index (κ2) is 24.6. The van der Waals surface area contributed by atoms with Crippen molar-refractivity contribution in [3.8, 4) is 0 Å². The third-order valence-electron chi connectivity index (χ3n) is 6.33. The Morgan fingerprint density at radius 2 is 0.969 bits per heavy atom. The fourth-order valence-corrected chi connectivity index (χ4v) is 4.23. The summed E-state index contributed by atoms with van der Waals surface area (Å²) >= 11 is 0. The zero-order chi connectivity index (χ0) is 23.7. The molecule has 0 aliphatic carbocycles. The number of carbonyl (C=O) groups excluding carboxylic acids is 1. The largest absolute Gasteiger partial charge is 0.481 e. The minimum atomic E-state index is -0.799. The quantitative estimate of drug-likeness (QED) is 0.110. The highest BCUT2D eigenvalue weighted by Crippen LogP contribution is 2.17. The van der Waals surface area contributed by atoms with Crippen LogP contribution in [0.1, 0.15) is 162 Å². The van der Waals surface area contributed by atoms with Gasteiger partial charge in [0.05, 0.1) is 0 Å². The third kappa shape index (κ3) is 23.6. The molecule has 4 nitrogen and oxygen atoms in total. The molecule has 0 aromatic rings. The summed E-state index contributed by atoms with van der Waals surface area (Å²) in [7, 11) is 0. The Hall–Kier alpha value is -1.06. The standard InChI is InChI=1S/C28H54O4/c1-3-5-7-8-9-10-11-12-13-14-15-16-17-18-19-23-26(22-6-4-2)32-28(31)25-21-20-24-27(29)30/h26H,3-25H2,1-2H3,(H,29,30). The summed E-state index contributed by atoms with van der Waals surface area (Å²) in [6, 6.07) is 0. The predicted molar refractivity (Wildman–Crippen MR) is 135 cm³/mol. The van der Waals surface area contributed by atoms with E-state index in [4.69, 9.17) is 9.84 Å². The van der Waals surface area contributed by atoms with E-state index >= 15 is 0 Å². The van der Waals surface area contributed by atoms with Gasteiger partial charge in [0.15, 0.2) is 0 Å². The first-order chi connectivity index (χ1) is 15.6. The number of hydrogen-bond acceptors (Lipinski definition) is 3. The monoisotopic (exact) mass is 454 g/mol. The summed E-state index contributed by atoms with van der Waals surface area (Å²) in [5.41, 5.74) is 0. The van der Waals surface area contributed by atoms with Gasteiger partial charge in [0, 0.05) is 12.8 Å². The fourth-order valence-electron chi connectivity index (χ4n) is 4.23. The molecule has 1 atom stereocenters. The Labute approximate surface area is 199 Å². The molecule has 0 saturated carbocycles. The highest BCUT2D eigenvalue weighted by molar-refractivity contribution is 5.70. The molecule has 0 aromatic carbocycles. The van der Waals surface area contributed by atoms with Crippen molar-refractivity contribution < 1.29 is 19.4 Å². The molecule has 4 heteroatoms. The lowest BCUT2D eigenvalue weighted by Crippen LogP contribution is -2.18. The minimum Gasteiger partial charge on any atom is -0.481 e. The highest BCUT2D eigenvalue weighted by atomic mass is 16.5. The Balaban J connectivity index is 3.61. The number of rotatable bonds is 25. The molecular weight excluding hydrogens is 400 g/mol. The van der Waals surface area contributed by atoms with E-state index in [1.165, 1.54) is 89.9 Å². The van der Waals surface area contributed by atoms with Crippen LogP contribution in [0.5, 0.6) is 0 Å². The van der Waals surface area contributed by atoms with E-state index < -0.39 is 5.97 Å². The molecule has 0 aliphatic rings. The number of carboxylic acids is 1. The van der Waals surface area contributed by atoms with E-state index in [9.17, 15) is 9.59 Å². The van der Waals surface area contributed by atoms with Crippen LogP contribution >= 0.6 is 0 Å². The van der Waals surface area contributed by atoms with E-state index in [1.54, 1.807) is 0 Å². The van der Waals surface area contributed by atoms with Gasteiger partial charge in [-0.25, -0.2) is 0 Å². The minimum absolute atomic E-state index is 0.0453. The molecule has 190 valence electrons. The van der Waals surface area contributed by atoms with Gasteiger partial charge in [0.1, 0.15) is 6.10 Å². The van der Waals surface area contributed by atoms with Gasteiger partial charge in [-0.05, 0) is 32.1 Å². The molecular formula is C28H54O4. The summed E-state index contributed by atoms with van der Waals surface area (Å²) in [6.07, 6.45) is 26.2. The first-order valence-electron chi connectivity index (χ1n) is 14.0. The molecule has 0 spiro atoms. The van der Waals surface area contributed by atoms with Gasteiger partial charge in [-0.1, -0.05) is 117 Å². The first kappa shape index (κ1) is 30.9. The number of esters is 1. The van der Waals surface area contributed by atoms with Crippen LogP contribution in [0.15, 0.2) is 0 Å². The van der Waals surface area contributed by atoms with Gasteiger partial charge in [0.25, 0.3) is 0 Å². The van der Waals surface area contributed by atoms with Crippen molar-refractivity contribution in [2.75, 3.05) is 0 Å². The number of carbonyl (C=O) groups is 2. The molecule has 0 radical (unpaired) electrons. The van der Waals surface area contributed by atoms with Crippen LogP contribution < -0.4 is 0 Å². The molecule has 0 amide bonds. The van der Waals surface area contributed by atoms with Gasteiger partial charge in [-0.15, -0.1) is 0 Å². The maximum absolute atomic E-state index is 12.1. The molecule has 0 aromatic heterocycles. The van der Waals surface area contributed by atoms with E-state index in [0.29, 0.717) is 19.3 Å². The van der Waals surface area contributed by atoms with Crippen LogP contribution in [0.2, 0.25) is 0 Å². The number of hydrogen-bond donors (Lipinski definition) is 1. The SMILES string of the molecule is CCCCCCCCCCCCCCCCCC(CCCC)OC(=O)CCCCC(=O)O. The van der Waals surface area contributed by atoms with E-state index in [-0.39, 0.29) is 18.5 Å². The van der Waals surface area contributed by atoms with Gasteiger partial charge in [-0.2, -0.15) is 0 Å². The zero-order valence-corrected chi connectivity index (χ0v) is 21.5. The Bertz CT molecular complexity index is 422. The molecule has 0 fully saturated rings. The Kier molecular flexibility index (Phi) is 23.8. The third-order valence-corrected chi connectivity index (χ3v) is 6.33. The maximum atomic E-state index is 12.1. The summed E-state index contributed by atoms with van der Waals surface area (Å²) in [6.45, 7) is 4.44. The number of unbranched alkanes of at least 4 members (excludes halogenated alkanes) is 16. The molecule has 32 heavy (non-hydrogen) atoms. The van der Waals surface area contributed by atoms with E-state index in [0.717, 1.165) is 32.1 Å². The summed E-state index contributed by atoms with van der Waals surface area (Å²) < 4.78 is 5.69. The second-order valence-corrected chi connectivity index (χ2v) is 9.59. The topological polar surface area (TPSA) is 63.6 Å². The summed E-state index contributed by atoms with van der Waals surface area (Å²) in [5, 5.41) is 8.67. The van der Waals surface area contributed by atoms with Crippen LogP contribution in [-0.2, 0) is 14.3 Å². The van der Waals surface area contributed by atoms with Gasteiger partial charge in [0.2, 0.25) is 0 Å². The number of ether oxygens (including phenoxy) is 1. The smallest absolute Gasteiger partial charge is 0.306 e. The van der Waals surface area contributed by atoms with Gasteiger partial charge in [-0.3, -0.25) is 9.59 Å². The van der Waals surface area contributed by atoms with Crippen molar-refractivity contribution in [2.45, 2.75) is 168 Å². The van der Waals surface area contributed by atoms with Crippen molar-refractivity contribution in [2.24, 2.45) is 0 Å². The Morgan fingerprint density at radius 1 is 0.562 bits per heavy atom. The number of carboxylic acid groups (broad SMARTS) is 1. The van der Waals surface area contributed by atoms with Crippen molar-refractivity contribution >= 4 is 11.9 Å². The Morgan fingerprint density at radius 3 is 1.44 bits per heavy atom. The molecule has 0 rings (SSSR count). The lowest BCUT2D eigenvalue weighted by molar-refractivity contribution is -0.150. The van der Waals surface area contributed by atoms with Crippen LogP contribution in [0.3, 0.4) is 0 Å². The normalized spacial score (nSPS) is 12.1. The summed E-state index contributed by atoms with van der Waals surface area (Å²) in [5.74, 6) is -0.954. The number of aliphatic carboxylic acids is 1. The van der Waals surface area contributed by atoms with Gasteiger partial charge < -0.3 is 9.84 Å². The van der Waals surface area contributed by atoms with Crippen molar-refractivity contribution in [3.05, 3.63) is 0 Å². The average molecular weight is 455 g/mol. The van der Waals surface area contributed by atoms with E-state index in [2.05, 4.69) is 13.8 Å². The predicted octanol–water partition coefficient (Wildman–Crippen LogP) is 8.99. The molecule has 1 unspecified atom stereocenters. The van der Waals surface area contributed by atoms with Crippen molar-refractivity contribution in [3.63, 3.8) is 0 Å². The van der Waals surface area contributed by atoms with Crippen LogP contribution in [0, 0.1) is 0 Å². The average Bonchev–Trinajstić information content (AvgIpc) is 2.77. The van der Waals surface area contributed by atoms with Crippen LogP contribution in [-0.4, -0.2) is 23.1 Å². The zero-order valence-electron chi connectivity index (χ0n) is 21.5. The first-order valence-corrected chi connectivity index (χ1v) is 14.0. The molecule has 0 bridgehead atoms. The maximum Gasteiger partial charge on any atom is 0.306 e. The van der Waals surface area contributed by atoms with Crippen molar-refractivity contribution in [1.29, 1.82) is 0 Å². The lowest BCUT2D eigenvalue weighted by atomic mass is 10.0. The van der Waals surface area contributed by atoms with Crippen molar-refractivity contribution in [1.82, 2.24) is 0 Å². The molecule has 1 N–H and O–H groups in total. The summed E-state index contributed by atoms with van der Waals surface area (Å²) in [4.78, 5) is 22.6. The highest BCUT2D eigenvalue weighted by Gasteiger charge is 2.14. The molecule has 0 saturated heterocycles. The van der Waals surface area contributed by atoms with Crippen LogP contribution in [0.25, 0.3) is 0 Å². The second-order valence-electron chi connectivity index (χ2n) is 9.59. The van der Waals surface area contributed by atoms with E-state index in [1.807, 2.05) is 0 Å². The fraction of sp³-hybridized carbons (Fsp3) is 0.929. The van der Waals surface area contributed by atoms with Gasteiger partial charge >= 0.3 is 11.9 Å². The molecule has 0 aliphatic heterocycles.